The number of halogens is 1. The number of nitrogens with zero attached hydrogens (tertiary/aromatic N) is 2. The van der Waals surface area contributed by atoms with E-state index < -0.39 is 0 Å². The molecule has 6 heteroatoms. The highest BCUT2D eigenvalue weighted by molar-refractivity contribution is 6.34. The van der Waals surface area contributed by atoms with Crippen LogP contribution in [0, 0.1) is 0 Å². The van der Waals surface area contributed by atoms with E-state index in [1.54, 1.807) is 19.1 Å². The number of hydrogen-bond donors (Lipinski definition) is 2. The SMILES string of the molecule is C/C(=N\NC(=O)c1cc(-c2ccc3ccccc3c2)n[nH]1)c1ccccc1Cl. The number of rotatable bonds is 4. The number of hydrogen-bond acceptors (Lipinski definition) is 3. The van der Waals surface area contributed by atoms with E-state index in [9.17, 15) is 4.79 Å². The third-order valence-corrected chi connectivity index (χ3v) is 4.79. The van der Waals surface area contributed by atoms with Gasteiger partial charge in [0.25, 0.3) is 5.91 Å². The molecule has 0 spiro atoms. The highest BCUT2D eigenvalue weighted by atomic mass is 35.5. The van der Waals surface area contributed by atoms with E-state index in [0.717, 1.165) is 21.9 Å². The molecule has 0 saturated carbocycles. The van der Waals surface area contributed by atoms with Gasteiger partial charge in [-0.2, -0.15) is 10.2 Å². The van der Waals surface area contributed by atoms with Crippen molar-refractivity contribution in [2.45, 2.75) is 6.92 Å². The smallest absolute Gasteiger partial charge is 0.272 e. The first-order valence-electron chi connectivity index (χ1n) is 8.76. The predicted octanol–water partition coefficient (Wildman–Crippen LogP) is 5.04. The number of carbonyl (C=O) groups excluding carboxylic acids is 1. The topological polar surface area (TPSA) is 70.1 Å². The van der Waals surface area contributed by atoms with E-state index in [1.807, 2.05) is 54.6 Å². The van der Waals surface area contributed by atoms with Gasteiger partial charge < -0.3 is 0 Å². The average Bonchev–Trinajstić information content (AvgIpc) is 3.22. The van der Waals surface area contributed by atoms with Crippen molar-refractivity contribution in [3.63, 3.8) is 0 Å². The number of aromatic amines is 1. The molecule has 0 bridgehead atoms. The van der Waals surface area contributed by atoms with E-state index in [2.05, 4.69) is 26.8 Å². The maximum absolute atomic E-state index is 12.4. The van der Waals surface area contributed by atoms with Crippen LogP contribution in [-0.4, -0.2) is 21.8 Å². The van der Waals surface area contributed by atoms with Crippen LogP contribution in [0.3, 0.4) is 0 Å². The maximum Gasteiger partial charge on any atom is 0.289 e. The first-order valence-corrected chi connectivity index (χ1v) is 9.14. The lowest BCUT2D eigenvalue weighted by atomic mass is 10.1. The van der Waals surface area contributed by atoms with Crippen molar-refractivity contribution in [3.8, 4) is 11.3 Å². The molecule has 0 aliphatic rings. The number of nitrogens with one attached hydrogen (secondary N) is 2. The lowest BCUT2D eigenvalue weighted by molar-refractivity contribution is 0.0950. The minimum Gasteiger partial charge on any atom is -0.272 e. The summed E-state index contributed by atoms with van der Waals surface area (Å²) < 4.78 is 0. The maximum atomic E-state index is 12.4. The molecule has 2 N–H and O–H groups in total. The molecule has 0 radical (unpaired) electrons. The summed E-state index contributed by atoms with van der Waals surface area (Å²) in [6.07, 6.45) is 0. The Bertz CT molecular complexity index is 1200. The minimum absolute atomic E-state index is 0.332. The molecule has 0 atom stereocenters. The van der Waals surface area contributed by atoms with Gasteiger partial charge in [-0.05, 0) is 35.9 Å². The van der Waals surface area contributed by atoms with Gasteiger partial charge in [-0.15, -0.1) is 0 Å². The van der Waals surface area contributed by atoms with Crippen LogP contribution in [0.2, 0.25) is 5.02 Å². The number of fused-ring (bicyclic) bond motifs is 1. The van der Waals surface area contributed by atoms with Crippen LogP contribution in [0.15, 0.2) is 77.9 Å². The standard InChI is InChI=1S/C22H17ClN4O/c1-14(18-8-4-5-9-19(18)23)24-27-22(28)21-13-20(25-26-21)17-11-10-15-6-2-3-7-16(15)12-17/h2-13H,1H3,(H,25,26)(H,27,28)/b24-14+. The van der Waals surface area contributed by atoms with Crippen molar-refractivity contribution in [2.24, 2.45) is 5.10 Å². The number of benzene rings is 3. The van der Waals surface area contributed by atoms with Crippen molar-refractivity contribution in [1.82, 2.24) is 15.6 Å². The van der Waals surface area contributed by atoms with Crippen molar-refractivity contribution >= 4 is 34.0 Å². The molecule has 0 unspecified atom stereocenters. The molecular formula is C22H17ClN4O. The van der Waals surface area contributed by atoms with E-state index in [0.29, 0.717) is 22.1 Å². The molecule has 0 saturated heterocycles. The third-order valence-electron chi connectivity index (χ3n) is 4.46. The van der Waals surface area contributed by atoms with E-state index >= 15 is 0 Å². The molecule has 0 fully saturated rings. The fourth-order valence-corrected chi connectivity index (χ4v) is 3.22. The molecule has 4 aromatic rings. The Balaban J connectivity index is 1.52. The summed E-state index contributed by atoms with van der Waals surface area (Å²) in [5, 5.41) is 14.0. The molecule has 1 aromatic heterocycles. The van der Waals surface area contributed by atoms with Crippen LogP contribution in [0.4, 0.5) is 0 Å². The Hall–Kier alpha value is -3.44. The fourth-order valence-electron chi connectivity index (χ4n) is 2.94. The van der Waals surface area contributed by atoms with E-state index in [-0.39, 0.29) is 5.91 Å². The van der Waals surface area contributed by atoms with E-state index in [4.69, 9.17) is 11.6 Å². The Labute approximate surface area is 167 Å². The van der Waals surface area contributed by atoms with Crippen molar-refractivity contribution in [3.05, 3.63) is 89.1 Å². The van der Waals surface area contributed by atoms with Gasteiger partial charge >= 0.3 is 0 Å². The van der Waals surface area contributed by atoms with Crippen LogP contribution >= 0.6 is 11.6 Å². The molecule has 0 aliphatic carbocycles. The second-order valence-corrected chi connectivity index (χ2v) is 6.75. The Kier molecular flexibility index (Phi) is 4.91. The van der Waals surface area contributed by atoms with Crippen LogP contribution in [0.5, 0.6) is 0 Å². The van der Waals surface area contributed by atoms with Gasteiger partial charge in [-0.1, -0.05) is 66.2 Å². The van der Waals surface area contributed by atoms with Crippen molar-refractivity contribution in [1.29, 1.82) is 0 Å². The molecule has 5 nitrogen and oxygen atoms in total. The molecular weight excluding hydrogens is 372 g/mol. The molecule has 1 heterocycles. The zero-order valence-corrected chi connectivity index (χ0v) is 15.9. The van der Waals surface area contributed by atoms with Crippen LogP contribution in [0.1, 0.15) is 23.0 Å². The average molecular weight is 389 g/mol. The molecule has 0 aliphatic heterocycles. The van der Waals surface area contributed by atoms with E-state index in [1.165, 1.54) is 0 Å². The zero-order valence-electron chi connectivity index (χ0n) is 15.1. The summed E-state index contributed by atoms with van der Waals surface area (Å²) in [4.78, 5) is 12.4. The van der Waals surface area contributed by atoms with Gasteiger partial charge in [0.05, 0.1) is 11.4 Å². The first kappa shape index (κ1) is 17.9. The number of amides is 1. The summed E-state index contributed by atoms with van der Waals surface area (Å²) >= 11 is 6.15. The first-order chi connectivity index (χ1) is 13.6. The molecule has 4 rings (SSSR count). The largest absolute Gasteiger partial charge is 0.289 e. The van der Waals surface area contributed by atoms with Crippen molar-refractivity contribution in [2.75, 3.05) is 0 Å². The summed E-state index contributed by atoms with van der Waals surface area (Å²) in [5.74, 6) is -0.369. The minimum atomic E-state index is -0.369. The Morgan fingerprint density at radius 2 is 1.75 bits per heavy atom. The summed E-state index contributed by atoms with van der Waals surface area (Å²) in [6, 6.07) is 23.2. The normalized spacial score (nSPS) is 11.6. The lowest BCUT2D eigenvalue weighted by Crippen LogP contribution is -2.19. The fraction of sp³-hybridized carbons (Fsp3) is 0.0455. The monoisotopic (exact) mass is 388 g/mol. The zero-order chi connectivity index (χ0) is 19.5. The third kappa shape index (κ3) is 3.66. The number of H-pyrrole nitrogens is 1. The van der Waals surface area contributed by atoms with Gasteiger partial charge in [0.1, 0.15) is 5.69 Å². The Morgan fingerprint density at radius 3 is 2.57 bits per heavy atom. The van der Waals surface area contributed by atoms with Crippen molar-refractivity contribution < 1.29 is 4.79 Å². The van der Waals surface area contributed by atoms with Crippen LogP contribution in [-0.2, 0) is 0 Å². The van der Waals surface area contributed by atoms with Crippen LogP contribution < -0.4 is 5.43 Å². The molecule has 138 valence electrons. The Morgan fingerprint density at radius 1 is 1.00 bits per heavy atom. The number of carbonyl (C=O) groups is 1. The van der Waals surface area contributed by atoms with Gasteiger partial charge in [-0.3, -0.25) is 9.89 Å². The highest BCUT2D eigenvalue weighted by Crippen LogP contribution is 2.23. The summed E-state index contributed by atoms with van der Waals surface area (Å²) in [5.41, 5.74) is 5.89. The van der Waals surface area contributed by atoms with Gasteiger partial charge in [-0.25, -0.2) is 5.43 Å². The van der Waals surface area contributed by atoms with Gasteiger partial charge in [0, 0.05) is 16.1 Å². The highest BCUT2D eigenvalue weighted by Gasteiger charge is 2.11. The second kappa shape index (κ2) is 7.66. The summed E-state index contributed by atoms with van der Waals surface area (Å²) in [7, 11) is 0. The molecule has 1 amide bonds. The second-order valence-electron chi connectivity index (χ2n) is 6.35. The molecule has 28 heavy (non-hydrogen) atoms. The van der Waals surface area contributed by atoms with Crippen LogP contribution in [0.25, 0.3) is 22.0 Å². The quantitative estimate of drug-likeness (QED) is 0.380. The molecule has 3 aromatic carbocycles. The number of aromatic nitrogens is 2. The predicted molar refractivity (Wildman–Crippen MR) is 113 cm³/mol. The van der Waals surface area contributed by atoms with Gasteiger partial charge in [0.15, 0.2) is 0 Å². The number of hydrazone groups is 1. The van der Waals surface area contributed by atoms with Gasteiger partial charge in [0.2, 0.25) is 0 Å². The lowest BCUT2D eigenvalue weighted by Gasteiger charge is -2.03. The summed E-state index contributed by atoms with van der Waals surface area (Å²) in [6.45, 7) is 1.79.